The Labute approximate surface area is 140 Å². The SMILES string of the molecule is O=C(O)C(Cc1cnn(Cc2ccc(Cl)cc2)c1)(C(=O)O)C(=O)O. The number of nitrogens with zero attached hydrogens (tertiary/aromatic N) is 2. The van der Waals surface area contributed by atoms with Crippen LogP contribution >= 0.6 is 11.6 Å². The molecule has 2 aromatic rings. The van der Waals surface area contributed by atoms with Crippen LogP contribution in [-0.4, -0.2) is 43.0 Å². The molecule has 0 aliphatic carbocycles. The second-order valence-electron chi connectivity index (χ2n) is 5.17. The third-order valence-corrected chi connectivity index (χ3v) is 3.76. The van der Waals surface area contributed by atoms with E-state index in [0.717, 1.165) is 5.56 Å². The summed E-state index contributed by atoms with van der Waals surface area (Å²) in [5, 5.41) is 31.9. The fourth-order valence-corrected chi connectivity index (χ4v) is 2.29. The predicted octanol–water partition coefficient (Wildman–Crippen LogP) is 1.37. The number of hydrogen-bond donors (Lipinski definition) is 3. The summed E-state index contributed by atoms with van der Waals surface area (Å²) >= 11 is 5.79. The topological polar surface area (TPSA) is 130 Å². The van der Waals surface area contributed by atoms with Crippen LogP contribution in [0.25, 0.3) is 0 Å². The van der Waals surface area contributed by atoms with Gasteiger partial charge in [0.15, 0.2) is 0 Å². The molecule has 0 spiro atoms. The number of carboxylic acid groups (broad SMARTS) is 3. The van der Waals surface area contributed by atoms with E-state index >= 15 is 0 Å². The number of hydrogen-bond acceptors (Lipinski definition) is 4. The highest BCUT2D eigenvalue weighted by Crippen LogP contribution is 2.25. The Morgan fingerprint density at radius 1 is 1.00 bits per heavy atom. The summed E-state index contributed by atoms with van der Waals surface area (Å²) in [6.07, 6.45) is 1.95. The van der Waals surface area contributed by atoms with Gasteiger partial charge in [0.05, 0.1) is 12.7 Å². The number of benzene rings is 1. The van der Waals surface area contributed by atoms with Crippen LogP contribution in [0.4, 0.5) is 0 Å². The molecule has 2 rings (SSSR count). The van der Waals surface area contributed by atoms with Crippen molar-refractivity contribution in [3.05, 3.63) is 52.8 Å². The standard InChI is InChI=1S/C15H13ClN2O6/c16-11-3-1-9(2-4-11)7-18-8-10(6-17-18)5-15(12(19)20,13(21)22)14(23)24/h1-4,6,8H,5,7H2,(H,19,20)(H,21,22)(H,23,24). The summed E-state index contributed by atoms with van der Waals surface area (Å²) in [5.74, 6) is -5.81. The Hall–Kier alpha value is -2.87. The molecular weight excluding hydrogens is 340 g/mol. The molecule has 0 aliphatic rings. The van der Waals surface area contributed by atoms with Crippen molar-refractivity contribution < 1.29 is 29.7 Å². The molecule has 0 atom stereocenters. The van der Waals surface area contributed by atoms with Crippen molar-refractivity contribution in [3.63, 3.8) is 0 Å². The summed E-state index contributed by atoms with van der Waals surface area (Å²) in [6.45, 7) is 0.345. The third kappa shape index (κ3) is 3.38. The van der Waals surface area contributed by atoms with Gasteiger partial charge in [-0.15, -0.1) is 0 Å². The molecule has 1 aromatic heterocycles. The second-order valence-corrected chi connectivity index (χ2v) is 5.61. The van der Waals surface area contributed by atoms with Crippen LogP contribution in [0.1, 0.15) is 11.1 Å². The molecule has 8 nitrogen and oxygen atoms in total. The van der Waals surface area contributed by atoms with Crippen molar-refractivity contribution in [2.24, 2.45) is 5.41 Å². The Balaban J connectivity index is 2.23. The Morgan fingerprint density at radius 3 is 2.04 bits per heavy atom. The average Bonchev–Trinajstić information content (AvgIpc) is 2.93. The molecule has 24 heavy (non-hydrogen) atoms. The van der Waals surface area contributed by atoms with Crippen molar-refractivity contribution in [2.75, 3.05) is 0 Å². The lowest BCUT2D eigenvalue weighted by molar-refractivity contribution is -0.175. The van der Waals surface area contributed by atoms with Gasteiger partial charge in [-0.3, -0.25) is 19.1 Å². The van der Waals surface area contributed by atoms with E-state index in [0.29, 0.717) is 11.6 Å². The molecule has 1 heterocycles. The van der Waals surface area contributed by atoms with Crippen molar-refractivity contribution in [3.8, 4) is 0 Å². The minimum Gasteiger partial charge on any atom is -0.480 e. The molecule has 0 bridgehead atoms. The van der Waals surface area contributed by atoms with Crippen LogP contribution in [0.15, 0.2) is 36.7 Å². The first-order chi connectivity index (χ1) is 11.3. The van der Waals surface area contributed by atoms with E-state index < -0.39 is 29.7 Å². The first-order valence-electron chi connectivity index (χ1n) is 6.71. The molecule has 0 aliphatic heterocycles. The third-order valence-electron chi connectivity index (χ3n) is 3.51. The number of halogens is 1. The van der Waals surface area contributed by atoms with E-state index in [1.54, 1.807) is 24.3 Å². The Kier molecular flexibility index (Phi) is 4.89. The van der Waals surface area contributed by atoms with Gasteiger partial charge in [-0.05, 0) is 23.3 Å². The minimum atomic E-state index is -2.95. The zero-order valence-corrected chi connectivity index (χ0v) is 13.0. The summed E-state index contributed by atoms with van der Waals surface area (Å²) in [6, 6.07) is 6.96. The molecule has 0 saturated carbocycles. The van der Waals surface area contributed by atoms with Crippen LogP contribution in [0, 0.1) is 5.41 Å². The molecule has 0 unspecified atom stereocenters. The van der Waals surface area contributed by atoms with Gasteiger partial charge >= 0.3 is 17.9 Å². The van der Waals surface area contributed by atoms with E-state index in [2.05, 4.69) is 5.10 Å². The van der Waals surface area contributed by atoms with E-state index in [9.17, 15) is 14.4 Å². The van der Waals surface area contributed by atoms with Crippen LogP contribution < -0.4 is 0 Å². The summed E-state index contributed by atoms with van der Waals surface area (Å²) in [7, 11) is 0. The smallest absolute Gasteiger partial charge is 0.333 e. The highest BCUT2D eigenvalue weighted by molar-refractivity contribution is 6.30. The van der Waals surface area contributed by atoms with Gasteiger partial charge in [-0.1, -0.05) is 23.7 Å². The monoisotopic (exact) mass is 352 g/mol. The minimum absolute atomic E-state index is 0.191. The maximum absolute atomic E-state index is 11.2. The van der Waals surface area contributed by atoms with Gasteiger partial charge in [-0.25, -0.2) is 0 Å². The number of aromatic nitrogens is 2. The summed E-state index contributed by atoms with van der Waals surface area (Å²) in [4.78, 5) is 33.7. The van der Waals surface area contributed by atoms with Gasteiger partial charge in [-0.2, -0.15) is 5.10 Å². The van der Waals surface area contributed by atoms with E-state index in [-0.39, 0.29) is 5.56 Å². The van der Waals surface area contributed by atoms with E-state index in [1.807, 2.05) is 0 Å². The van der Waals surface area contributed by atoms with E-state index in [4.69, 9.17) is 26.9 Å². The first-order valence-corrected chi connectivity index (χ1v) is 7.09. The van der Waals surface area contributed by atoms with Crippen LogP contribution in [-0.2, 0) is 27.3 Å². The molecule has 0 fully saturated rings. The van der Waals surface area contributed by atoms with Gasteiger partial charge in [0.25, 0.3) is 5.41 Å². The zero-order chi connectivity index (χ0) is 17.9. The number of carbonyl (C=O) groups is 3. The van der Waals surface area contributed by atoms with Gasteiger partial charge in [0.2, 0.25) is 0 Å². The maximum atomic E-state index is 11.2. The number of carboxylic acids is 3. The Bertz CT molecular complexity index is 747. The lowest BCUT2D eigenvalue weighted by Crippen LogP contribution is -2.48. The zero-order valence-electron chi connectivity index (χ0n) is 12.2. The summed E-state index contributed by atoms with van der Waals surface area (Å²) in [5.41, 5.74) is -1.89. The molecule has 0 saturated heterocycles. The largest absolute Gasteiger partial charge is 0.480 e. The lowest BCUT2D eigenvalue weighted by atomic mass is 9.82. The quantitative estimate of drug-likeness (QED) is 0.641. The molecular formula is C15H13ClN2O6. The number of aliphatic carboxylic acids is 3. The number of rotatable bonds is 7. The predicted molar refractivity (Wildman–Crippen MR) is 81.8 cm³/mol. The fourth-order valence-electron chi connectivity index (χ4n) is 2.17. The van der Waals surface area contributed by atoms with Gasteiger partial charge in [0.1, 0.15) is 0 Å². The van der Waals surface area contributed by atoms with Crippen molar-refractivity contribution >= 4 is 29.5 Å². The first kappa shape index (κ1) is 17.5. The average molecular weight is 353 g/mol. The molecule has 1 aromatic carbocycles. The highest BCUT2D eigenvalue weighted by atomic mass is 35.5. The molecule has 126 valence electrons. The van der Waals surface area contributed by atoms with Crippen LogP contribution in [0.5, 0.6) is 0 Å². The summed E-state index contributed by atoms with van der Waals surface area (Å²) < 4.78 is 1.45. The molecule has 9 heteroatoms. The van der Waals surface area contributed by atoms with Crippen molar-refractivity contribution in [1.82, 2.24) is 9.78 Å². The van der Waals surface area contributed by atoms with Gasteiger partial charge in [0, 0.05) is 17.6 Å². The van der Waals surface area contributed by atoms with E-state index in [1.165, 1.54) is 17.1 Å². The molecule has 0 radical (unpaired) electrons. The lowest BCUT2D eigenvalue weighted by Gasteiger charge is -2.18. The molecule has 3 N–H and O–H groups in total. The normalized spacial score (nSPS) is 11.2. The highest BCUT2D eigenvalue weighted by Gasteiger charge is 2.54. The van der Waals surface area contributed by atoms with Gasteiger partial charge < -0.3 is 15.3 Å². The molecule has 0 amide bonds. The fraction of sp³-hybridized carbons (Fsp3) is 0.200. The van der Waals surface area contributed by atoms with Crippen molar-refractivity contribution in [2.45, 2.75) is 13.0 Å². The van der Waals surface area contributed by atoms with Crippen LogP contribution in [0.3, 0.4) is 0 Å². The second kappa shape index (κ2) is 6.71. The maximum Gasteiger partial charge on any atom is 0.333 e. The van der Waals surface area contributed by atoms with Crippen LogP contribution in [0.2, 0.25) is 5.02 Å². The van der Waals surface area contributed by atoms with Crippen molar-refractivity contribution in [1.29, 1.82) is 0 Å². The Morgan fingerprint density at radius 2 is 1.54 bits per heavy atom.